The number of carbonyl (C=O) groups excluding carboxylic acids is 1. The molecule has 0 spiro atoms. The first-order valence-corrected chi connectivity index (χ1v) is 11.4. The maximum absolute atomic E-state index is 13.2. The van der Waals surface area contributed by atoms with Gasteiger partial charge < -0.3 is 14.7 Å². The van der Waals surface area contributed by atoms with Gasteiger partial charge in [-0.3, -0.25) is 9.59 Å². The summed E-state index contributed by atoms with van der Waals surface area (Å²) < 4.78 is 34.6. The minimum Gasteiger partial charge on any atom is -0.487 e. The highest BCUT2D eigenvalue weighted by Gasteiger charge is 2.30. The number of nitrogens with one attached hydrogen (secondary N) is 1. The second-order valence-corrected chi connectivity index (χ2v) is 9.53. The zero-order chi connectivity index (χ0) is 22.9. The predicted molar refractivity (Wildman–Crippen MR) is 116 cm³/mol. The minimum absolute atomic E-state index is 0.0733. The highest BCUT2D eigenvalue weighted by atomic mass is 32.2. The Balaban J connectivity index is 1.99. The summed E-state index contributed by atoms with van der Waals surface area (Å²) in [6, 6.07) is 8.76. The third-order valence-electron chi connectivity index (χ3n) is 5.16. The number of aliphatic carboxylic acids is 1. The van der Waals surface area contributed by atoms with Gasteiger partial charge in [0.05, 0.1) is 29.6 Å². The molecule has 1 amide bonds. The fourth-order valence-electron chi connectivity index (χ4n) is 3.74. The maximum Gasteiger partial charge on any atom is 0.305 e. The van der Waals surface area contributed by atoms with Gasteiger partial charge >= 0.3 is 5.97 Å². The Morgan fingerprint density at radius 1 is 1.23 bits per heavy atom. The average molecular weight is 447 g/mol. The fraction of sp³-hybridized carbons (Fsp3) is 0.364. The molecule has 0 fully saturated rings. The van der Waals surface area contributed by atoms with Crippen molar-refractivity contribution in [3.05, 3.63) is 53.1 Å². The molecule has 1 aliphatic rings. The number of carboxylic acids is 1. The number of benzene rings is 2. The molecule has 0 aromatic heterocycles. The van der Waals surface area contributed by atoms with Crippen LogP contribution in [0.5, 0.6) is 5.75 Å². The van der Waals surface area contributed by atoms with Crippen LogP contribution in [-0.2, 0) is 19.6 Å². The SMILES string of the molecule is CC(=O)N1C[C@@H](C)Oc2ccc(S(=O)(=O)N[C@@H](CC(=O)O)c3ccc(C)cc3C)cc21. The first-order valence-electron chi connectivity index (χ1n) is 9.88. The number of ether oxygens (including phenoxy) is 1. The van der Waals surface area contributed by atoms with Crippen molar-refractivity contribution >= 4 is 27.6 Å². The van der Waals surface area contributed by atoms with Crippen LogP contribution in [0.4, 0.5) is 5.69 Å². The number of hydrogen-bond donors (Lipinski definition) is 2. The molecule has 2 aromatic rings. The number of hydrogen-bond acceptors (Lipinski definition) is 5. The van der Waals surface area contributed by atoms with E-state index in [9.17, 15) is 23.1 Å². The first-order chi connectivity index (χ1) is 14.5. The molecule has 1 aliphatic heterocycles. The lowest BCUT2D eigenvalue weighted by molar-refractivity contribution is -0.137. The second-order valence-electron chi connectivity index (χ2n) is 7.82. The van der Waals surface area contributed by atoms with Crippen LogP contribution < -0.4 is 14.4 Å². The average Bonchev–Trinajstić information content (AvgIpc) is 2.65. The molecule has 8 nitrogen and oxygen atoms in total. The third-order valence-corrected chi connectivity index (χ3v) is 6.63. The van der Waals surface area contributed by atoms with Gasteiger partial charge in [0.15, 0.2) is 0 Å². The number of anilines is 1. The van der Waals surface area contributed by atoms with Gasteiger partial charge in [0, 0.05) is 6.92 Å². The summed E-state index contributed by atoms with van der Waals surface area (Å²) >= 11 is 0. The number of fused-ring (bicyclic) bond motifs is 1. The number of nitrogens with zero attached hydrogens (tertiary/aromatic N) is 1. The third kappa shape index (κ3) is 5.05. The predicted octanol–water partition coefficient (Wildman–Crippen LogP) is 2.93. The molecule has 0 unspecified atom stereocenters. The van der Waals surface area contributed by atoms with Gasteiger partial charge in [0.2, 0.25) is 15.9 Å². The van der Waals surface area contributed by atoms with Crippen LogP contribution in [0.25, 0.3) is 0 Å². The molecule has 0 bridgehead atoms. The molecule has 31 heavy (non-hydrogen) atoms. The van der Waals surface area contributed by atoms with E-state index in [4.69, 9.17) is 4.74 Å². The largest absolute Gasteiger partial charge is 0.487 e. The van der Waals surface area contributed by atoms with Crippen molar-refractivity contribution in [3.8, 4) is 5.75 Å². The molecular weight excluding hydrogens is 420 g/mol. The second kappa shape index (κ2) is 8.68. The van der Waals surface area contributed by atoms with Crippen molar-refractivity contribution in [2.45, 2.75) is 51.2 Å². The summed E-state index contributed by atoms with van der Waals surface area (Å²) in [5, 5.41) is 9.34. The summed E-state index contributed by atoms with van der Waals surface area (Å²) in [5.74, 6) is -0.925. The van der Waals surface area contributed by atoms with E-state index in [-0.39, 0.29) is 16.9 Å². The zero-order valence-electron chi connectivity index (χ0n) is 17.9. The number of carbonyl (C=O) groups is 2. The van der Waals surface area contributed by atoms with E-state index in [1.54, 1.807) is 6.07 Å². The highest BCUT2D eigenvalue weighted by Crippen LogP contribution is 2.36. The van der Waals surface area contributed by atoms with E-state index in [0.717, 1.165) is 11.1 Å². The first kappa shape index (κ1) is 22.8. The molecule has 0 aliphatic carbocycles. The Morgan fingerprint density at radius 2 is 1.94 bits per heavy atom. The highest BCUT2D eigenvalue weighted by molar-refractivity contribution is 7.89. The molecule has 0 saturated carbocycles. The van der Waals surface area contributed by atoms with Crippen LogP contribution in [0.1, 0.15) is 43.0 Å². The number of sulfonamides is 1. The zero-order valence-corrected chi connectivity index (χ0v) is 18.7. The Labute approximate surface area is 181 Å². The molecule has 1 heterocycles. The van der Waals surface area contributed by atoms with Crippen molar-refractivity contribution in [2.24, 2.45) is 0 Å². The fourth-order valence-corrected chi connectivity index (χ4v) is 4.98. The van der Waals surface area contributed by atoms with Gasteiger partial charge in [0.1, 0.15) is 11.9 Å². The summed E-state index contributed by atoms with van der Waals surface area (Å²) in [6.07, 6.45) is -0.629. The lowest BCUT2D eigenvalue weighted by Crippen LogP contribution is -2.41. The van der Waals surface area contributed by atoms with Crippen LogP contribution in [0, 0.1) is 13.8 Å². The smallest absolute Gasteiger partial charge is 0.305 e. The number of carboxylic acid groups (broad SMARTS) is 1. The van der Waals surface area contributed by atoms with Crippen molar-refractivity contribution < 1.29 is 27.9 Å². The van der Waals surface area contributed by atoms with Gasteiger partial charge in [-0.2, -0.15) is 0 Å². The molecule has 3 rings (SSSR count). The van der Waals surface area contributed by atoms with E-state index in [2.05, 4.69) is 4.72 Å². The van der Waals surface area contributed by atoms with E-state index < -0.39 is 28.5 Å². The van der Waals surface area contributed by atoms with E-state index in [0.29, 0.717) is 23.5 Å². The summed E-state index contributed by atoms with van der Waals surface area (Å²) in [7, 11) is -4.08. The molecule has 0 saturated heterocycles. The van der Waals surface area contributed by atoms with Crippen molar-refractivity contribution in [1.82, 2.24) is 4.72 Å². The van der Waals surface area contributed by atoms with Gasteiger partial charge in [-0.15, -0.1) is 0 Å². The van der Waals surface area contributed by atoms with Crippen molar-refractivity contribution in [3.63, 3.8) is 0 Å². The molecular formula is C22H26N2O6S. The molecule has 2 aromatic carbocycles. The minimum atomic E-state index is -4.08. The van der Waals surface area contributed by atoms with E-state index >= 15 is 0 Å². The van der Waals surface area contributed by atoms with Crippen LogP contribution in [0.2, 0.25) is 0 Å². The van der Waals surface area contributed by atoms with Gasteiger partial charge in [-0.25, -0.2) is 13.1 Å². The normalized spacial score (nSPS) is 16.9. The Kier molecular flexibility index (Phi) is 6.38. The standard InChI is InChI=1S/C22H26N2O6S/c1-13-5-7-18(14(2)9-13)19(11-22(26)27)23-31(28,29)17-6-8-21-20(10-17)24(16(4)25)12-15(3)30-21/h5-10,15,19,23H,11-12H2,1-4H3,(H,26,27)/t15-,19+/m1/s1. The summed E-state index contributed by atoms with van der Waals surface area (Å²) in [4.78, 5) is 24.9. The molecule has 2 atom stereocenters. The number of rotatable bonds is 6. The van der Waals surface area contributed by atoms with Crippen LogP contribution in [0.15, 0.2) is 41.3 Å². The van der Waals surface area contributed by atoms with Crippen LogP contribution in [-0.4, -0.2) is 38.0 Å². The Bertz CT molecular complexity index is 1130. The molecule has 9 heteroatoms. The van der Waals surface area contributed by atoms with Gasteiger partial charge in [0.25, 0.3) is 0 Å². The van der Waals surface area contributed by atoms with Crippen molar-refractivity contribution in [2.75, 3.05) is 11.4 Å². The molecule has 2 N–H and O–H groups in total. The quantitative estimate of drug-likeness (QED) is 0.705. The number of amides is 1. The Morgan fingerprint density at radius 3 is 2.55 bits per heavy atom. The van der Waals surface area contributed by atoms with E-state index in [1.165, 1.54) is 30.0 Å². The lowest BCUT2D eigenvalue weighted by Gasteiger charge is -2.33. The van der Waals surface area contributed by atoms with Crippen LogP contribution >= 0.6 is 0 Å². The monoisotopic (exact) mass is 446 g/mol. The molecule has 0 radical (unpaired) electrons. The Hall–Kier alpha value is -2.91. The lowest BCUT2D eigenvalue weighted by atomic mass is 9.98. The van der Waals surface area contributed by atoms with Gasteiger partial charge in [-0.1, -0.05) is 23.8 Å². The molecule has 166 valence electrons. The van der Waals surface area contributed by atoms with Gasteiger partial charge in [-0.05, 0) is 50.1 Å². The topological polar surface area (TPSA) is 113 Å². The number of aryl methyl sites for hydroxylation is 2. The summed E-state index contributed by atoms with van der Waals surface area (Å²) in [6.45, 7) is 7.26. The van der Waals surface area contributed by atoms with Crippen molar-refractivity contribution in [1.29, 1.82) is 0 Å². The maximum atomic E-state index is 13.2. The van der Waals surface area contributed by atoms with Crippen LogP contribution in [0.3, 0.4) is 0 Å². The van der Waals surface area contributed by atoms with E-state index in [1.807, 2.05) is 32.9 Å². The summed E-state index contributed by atoms with van der Waals surface area (Å²) in [5.41, 5.74) is 2.75.